The monoisotopic (exact) mass is 345 g/mol. The van der Waals surface area contributed by atoms with E-state index in [0.717, 1.165) is 40.8 Å². The van der Waals surface area contributed by atoms with Crippen molar-refractivity contribution in [2.45, 2.75) is 26.8 Å². The van der Waals surface area contributed by atoms with Gasteiger partial charge in [0.15, 0.2) is 0 Å². The lowest BCUT2D eigenvalue weighted by molar-refractivity contribution is 0.550. The van der Waals surface area contributed by atoms with Crippen LogP contribution >= 0.6 is 11.3 Å². The molecule has 124 valence electrons. The summed E-state index contributed by atoms with van der Waals surface area (Å²) in [5.74, 6) is -1.30. The molecule has 3 nitrogen and oxygen atoms in total. The van der Waals surface area contributed by atoms with E-state index in [9.17, 15) is 8.78 Å². The normalized spacial score (nSPS) is 10.8. The van der Waals surface area contributed by atoms with Gasteiger partial charge in [-0.3, -0.25) is 4.98 Å². The van der Waals surface area contributed by atoms with Crippen LogP contribution in [0.25, 0.3) is 11.3 Å². The van der Waals surface area contributed by atoms with E-state index < -0.39 is 11.6 Å². The Morgan fingerprint density at radius 1 is 1.08 bits per heavy atom. The Hall–Kier alpha value is -2.34. The van der Waals surface area contributed by atoms with Crippen LogP contribution in [0.15, 0.2) is 36.7 Å². The first-order chi connectivity index (χ1) is 11.6. The van der Waals surface area contributed by atoms with Gasteiger partial charge in [0, 0.05) is 28.2 Å². The van der Waals surface area contributed by atoms with Gasteiger partial charge >= 0.3 is 0 Å². The Labute approximate surface area is 143 Å². The van der Waals surface area contributed by atoms with Crippen molar-refractivity contribution in [1.29, 1.82) is 0 Å². The molecule has 0 aliphatic heterocycles. The number of aromatic nitrogens is 2. The van der Waals surface area contributed by atoms with Crippen LogP contribution in [0.4, 0.5) is 14.5 Å². The lowest BCUT2D eigenvalue weighted by atomic mass is 10.1. The largest absolute Gasteiger partial charge is 0.381 e. The molecule has 0 aliphatic carbocycles. The number of pyridine rings is 1. The van der Waals surface area contributed by atoms with Crippen LogP contribution in [0.2, 0.25) is 0 Å². The molecule has 0 fully saturated rings. The first-order valence-electron chi connectivity index (χ1n) is 7.67. The van der Waals surface area contributed by atoms with Gasteiger partial charge < -0.3 is 5.32 Å². The maximum absolute atomic E-state index is 13.6. The molecule has 0 radical (unpaired) electrons. The lowest BCUT2D eigenvalue weighted by Gasteiger charge is -2.09. The molecular formula is C18H17F2N3S. The van der Waals surface area contributed by atoms with E-state index in [1.54, 1.807) is 11.3 Å². The summed E-state index contributed by atoms with van der Waals surface area (Å²) >= 11 is 1.71. The van der Waals surface area contributed by atoms with Crippen molar-refractivity contribution in [3.8, 4) is 11.3 Å². The fourth-order valence-corrected chi connectivity index (χ4v) is 3.31. The van der Waals surface area contributed by atoms with Crippen molar-refractivity contribution in [1.82, 2.24) is 9.97 Å². The minimum atomic E-state index is -0.649. The molecule has 24 heavy (non-hydrogen) atoms. The number of hydrogen-bond donors (Lipinski definition) is 1. The van der Waals surface area contributed by atoms with Crippen molar-refractivity contribution in [2.75, 3.05) is 5.32 Å². The van der Waals surface area contributed by atoms with E-state index in [1.165, 1.54) is 4.88 Å². The van der Waals surface area contributed by atoms with Crippen LogP contribution in [0.3, 0.4) is 0 Å². The third-order valence-corrected chi connectivity index (χ3v) is 4.84. The van der Waals surface area contributed by atoms with Crippen LogP contribution < -0.4 is 5.32 Å². The first-order valence-corrected chi connectivity index (χ1v) is 8.48. The van der Waals surface area contributed by atoms with E-state index in [-0.39, 0.29) is 12.1 Å². The van der Waals surface area contributed by atoms with Gasteiger partial charge in [0.05, 0.1) is 23.1 Å². The molecule has 2 aromatic heterocycles. The molecule has 3 rings (SSSR count). The molecule has 0 aliphatic rings. The van der Waals surface area contributed by atoms with Gasteiger partial charge in [0.1, 0.15) is 11.6 Å². The summed E-state index contributed by atoms with van der Waals surface area (Å²) in [5.41, 5.74) is 2.81. The minimum Gasteiger partial charge on any atom is -0.381 e. The average Bonchev–Trinajstić information content (AvgIpc) is 2.96. The summed E-state index contributed by atoms with van der Waals surface area (Å²) in [7, 11) is 0. The number of hydrogen-bond acceptors (Lipinski definition) is 4. The smallest absolute Gasteiger partial charge is 0.149 e. The topological polar surface area (TPSA) is 37.8 Å². The second-order valence-electron chi connectivity index (χ2n) is 5.38. The zero-order valence-corrected chi connectivity index (χ0v) is 14.3. The van der Waals surface area contributed by atoms with Crippen molar-refractivity contribution in [3.63, 3.8) is 0 Å². The van der Waals surface area contributed by atoms with Crippen molar-refractivity contribution < 1.29 is 8.78 Å². The maximum Gasteiger partial charge on any atom is 0.149 e. The lowest BCUT2D eigenvalue weighted by Crippen LogP contribution is -2.05. The number of benzene rings is 1. The average molecular weight is 345 g/mol. The molecule has 1 aromatic carbocycles. The van der Waals surface area contributed by atoms with E-state index in [0.29, 0.717) is 0 Å². The predicted molar refractivity (Wildman–Crippen MR) is 93.1 cm³/mol. The number of rotatable bonds is 5. The first kappa shape index (κ1) is 16.5. The van der Waals surface area contributed by atoms with Gasteiger partial charge in [-0.1, -0.05) is 19.1 Å². The number of thiazole rings is 1. The Kier molecular flexibility index (Phi) is 4.85. The van der Waals surface area contributed by atoms with E-state index in [1.807, 2.05) is 24.3 Å². The van der Waals surface area contributed by atoms with Gasteiger partial charge in [-0.15, -0.1) is 11.3 Å². The van der Waals surface area contributed by atoms with E-state index in [2.05, 4.69) is 29.1 Å². The van der Waals surface area contributed by atoms with Gasteiger partial charge in [-0.25, -0.2) is 13.8 Å². The molecule has 0 saturated heterocycles. The number of anilines is 1. The number of halogens is 2. The summed E-state index contributed by atoms with van der Waals surface area (Å²) in [6, 6.07) is 7.69. The van der Waals surface area contributed by atoms with Crippen LogP contribution in [0.1, 0.15) is 22.4 Å². The second-order valence-corrected chi connectivity index (χ2v) is 6.67. The van der Waals surface area contributed by atoms with Crippen molar-refractivity contribution >= 4 is 17.0 Å². The van der Waals surface area contributed by atoms with E-state index >= 15 is 0 Å². The molecule has 0 amide bonds. The quantitative estimate of drug-likeness (QED) is 0.710. The number of nitrogens with zero attached hydrogens (tertiary/aromatic N) is 2. The van der Waals surface area contributed by atoms with Crippen LogP contribution in [0.5, 0.6) is 0 Å². The zero-order valence-electron chi connectivity index (χ0n) is 13.4. The highest BCUT2D eigenvalue weighted by molar-refractivity contribution is 7.12. The Morgan fingerprint density at radius 3 is 2.33 bits per heavy atom. The Morgan fingerprint density at radius 2 is 1.75 bits per heavy atom. The van der Waals surface area contributed by atoms with Crippen LogP contribution in [-0.2, 0) is 13.0 Å². The molecule has 6 heteroatoms. The highest BCUT2D eigenvalue weighted by Gasteiger charge is 2.10. The molecular weight excluding hydrogens is 328 g/mol. The van der Waals surface area contributed by atoms with Gasteiger partial charge in [0.2, 0.25) is 0 Å². The van der Waals surface area contributed by atoms with Gasteiger partial charge in [-0.05, 0) is 25.5 Å². The number of nitrogens with one attached hydrogen (secondary N) is 1. The van der Waals surface area contributed by atoms with Crippen LogP contribution in [-0.4, -0.2) is 9.97 Å². The maximum atomic E-state index is 13.6. The zero-order chi connectivity index (χ0) is 17.1. The van der Waals surface area contributed by atoms with Crippen molar-refractivity contribution in [2.24, 2.45) is 0 Å². The molecule has 2 heterocycles. The molecule has 0 saturated carbocycles. The summed E-state index contributed by atoms with van der Waals surface area (Å²) in [5, 5.41) is 4.15. The van der Waals surface area contributed by atoms with Crippen LogP contribution in [0, 0.1) is 18.6 Å². The second kappa shape index (κ2) is 7.05. The molecule has 3 aromatic rings. The minimum absolute atomic E-state index is 0.0167. The number of aryl methyl sites for hydroxylation is 2. The highest BCUT2D eigenvalue weighted by atomic mass is 32.1. The molecule has 0 atom stereocenters. The summed E-state index contributed by atoms with van der Waals surface area (Å²) in [6.07, 6.45) is 2.95. The fourth-order valence-electron chi connectivity index (χ4n) is 2.41. The summed E-state index contributed by atoms with van der Waals surface area (Å²) in [6.45, 7) is 4.22. The highest BCUT2D eigenvalue weighted by Crippen LogP contribution is 2.28. The molecule has 0 unspecified atom stereocenters. The molecule has 1 N–H and O–H groups in total. The predicted octanol–water partition coefficient (Wildman–Crippen LogP) is 4.97. The Bertz CT molecular complexity index is 824. The third kappa shape index (κ3) is 3.43. The van der Waals surface area contributed by atoms with Gasteiger partial charge in [0.25, 0.3) is 0 Å². The SMILES string of the molecule is CCc1nc(-c2ccc(NCc3c(F)cncc3F)cc2)c(C)s1. The fraction of sp³-hybridized carbons (Fsp3) is 0.222. The van der Waals surface area contributed by atoms with E-state index in [4.69, 9.17) is 0 Å². The summed E-state index contributed by atoms with van der Waals surface area (Å²) in [4.78, 5) is 9.30. The Balaban J connectivity index is 1.74. The van der Waals surface area contributed by atoms with Crippen molar-refractivity contribution in [3.05, 3.63) is 63.7 Å². The van der Waals surface area contributed by atoms with Gasteiger partial charge in [-0.2, -0.15) is 0 Å². The summed E-state index contributed by atoms with van der Waals surface area (Å²) < 4.78 is 27.1. The standard InChI is InChI=1S/C18H17F2N3S/c1-3-17-23-18(11(2)24-17)12-4-6-13(7-5-12)22-8-14-15(19)9-21-10-16(14)20/h4-7,9-10,22H,3,8H2,1-2H3. The molecule has 0 bridgehead atoms. The molecule has 0 spiro atoms. The third-order valence-electron chi connectivity index (χ3n) is 3.72.